The quantitative estimate of drug-likeness (QED) is 0.598. The first-order valence-corrected chi connectivity index (χ1v) is 6.87. The Labute approximate surface area is 127 Å². The molecule has 1 aromatic rings. The smallest absolute Gasteiger partial charge is 0.303 e. The van der Waals surface area contributed by atoms with Crippen molar-refractivity contribution < 1.29 is 14.7 Å². The number of carboxylic acid groups (broad SMARTS) is 1. The van der Waals surface area contributed by atoms with Crippen LogP contribution in [0, 0.1) is 0 Å². The summed E-state index contributed by atoms with van der Waals surface area (Å²) in [5, 5.41) is 12.1. The minimum Gasteiger partial charge on any atom is -0.481 e. The number of nitrogens with one attached hydrogen (secondary N) is 1. The molecular formula is C14H15Cl2NO3. The van der Waals surface area contributed by atoms with Crippen molar-refractivity contribution in [2.75, 3.05) is 6.54 Å². The van der Waals surface area contributed by atoms with Crippen LogP contribution in [0.3, 0.4) is 0 Å². The van der Waals surface area contributed by atoms with E-state index in [1.54, 1.807) is 24.3 Å². The summed E-state index contributed by atoms with van der Waals surface area (Å²) in [6.45, 7) is 0.449. The molecule has 0 spiro atoms. The molecule has 0 atom stereocenters. The number of benzene rings is 1. The number of halogens is 2. The lowest BCUT2D eigenvalue weighted by Crippen LogP contribution is -2.22. The maximum absolute atomic E-state index is 11.5. The summed E-state index contributed by atoms with van der Waals surface area (Å²) in [4.78, 5) is 21.8. The lowest BCUT2D eigenvalue weighted by Gasteiger charge is -2.01. The SMILES string of the molecule is O=C(O)CCCCNC(=O)C=Cc1ccc(Cl)cc1Cl. The summed E-state index contributed by atoms with van der Waals surface area (Å²) in [6.07, 6.45) is 4.28. The number of rotatable bonds is 7. The van der Waals surface area contributed by atoms with Gasteiger partial charge in [-0.3, -0.25) is 9.59 Å². The fraction of sp³-hybridized carbons (Fsp3) is 0.286. The average molecular weight is 316 g/mol. The zero-order valence-corrected chi connectivity index (χ0v) is 12.2. The molecule has 6 heteroatoms. The second-order valence-electron chi connectivity index (χ2n) is 4.14. The lowest BCUT2D eigenvalue weighted by atomic mass is 10.2. The zero-order chi connectivity index (χ0) is 15.0. The summed E-state index contributed by atoms with van der Waals surface area (Å²) >= 11 is 11.7. The normalized spacial score (nSPS) is 10.7. The van der Waals surface area contributed by atoms with E-state index in [1.807, 2.05) is 0 Å². The summed E-state index contributed by atoms with van der Waals surface area (Å²) in [6, 6.07) is 5.02. The van der Waals surface area contributed by atoms with Crippen molar-refractivity contribution in [1.29, 1.82) is 0 Å². The van der Waals surface area contributed by atoms with Crippen LogP contribution in [0.25, 0.3) is 6.08 Å². The Morgan fingerprint density at radius 1 is 1.25 bits per heavy atom. The molecule has 1 rings (SSSR count). The van der Waals surface area contributed by atoms with E-state index in [-0.39, 0.29) is 12.3 Å². The van der Waals surface area contributed by atoms with Gasteiger partial charge in [-0.2, -0.15) is 0 Å². The van der Waals surface area contributed by atoms with Crippen LogP contribution in [0.2, 0.25) is 10.0 Å². The molecule has 0 fully saturated rings. The number of carbonyl (C=O) groups excluding carboxylic acids is 1. The van der Waals surface area contributed by atoms with Crippen molar-refractivity contribution in [3.8, 4) is 0 Å². The largest absolute Gasteiger partial charge is 0.481 e. The Morgan fingerprint density at radius 2 is 2.00 bits per heavy atom. The molecule has 20 heavy (non-hydrogen) atoms. The number of amides is 1. The highest BCUT2D eigenvalue weighted by Gasteiger charge is 2.00. The first kappa shape index (κ1) is 16.5. The van der Waals surface area contributed by atoms with Crippen molar-refractivity contribution in [2.45, 2.75) is 19.3 Å². The van der Waals surface area contributed by atoms with Crippen LogP contribution < -0.4 is 5.32 Å². The molecule has 0 saturated carbocycles. The van der Waals surface area contributed by atoms with Crippen molar-refractivity contribution in [2.24, 2.45) is 0 Å². The molecule has 2 N–H and O–H groups in total. The second-order valence-corrected chi connectivity index (χ2v) is 4.98. The van der Waals surface area contributed by atoms with Crippen molar-refractivity contribution in [3.05, 3.63) is 39.9 Å². The van der Waals surface area contributed by atoms with Gasteiger partial charge in [0.05, 0.1) is 0 Å². The van der Waals surface area contributed by atoms with Gasteiger partial charge in [0.15, 0.2) is 0 Å². The van der Waals surface area contributed by atoms with E-state index in [9.17, 15) is 9.59 Å². The number of carbonyl (C=O) groups is 2. The molecule has 0 saturated heterocycles. The highest BCUT2D eigenvalue weighted by atomic mass is 35.5. The maximum Gasteiger partial charge on any atom is 0.303 e. The monoisotopic (exact) mass is 315 g/mol. The van der Waals surface area contributed by atoms with Gasteiger partial charge in [-0.15, -0.1) is 0 Å². The molecular weight excluding hydrogens is 301 g/mol. The zero-order valence-electron chi connectivity index (χ0n) is 10.7. The number of aliphatic carboxylic acids is 1. The van der Waals surface area contributed by atoms with Crippen molar-refractivity contribution in [1.82, 2.24) is 5.32 Å². The van der Waals surface area contributed by atoms with Gasteiger partial charge in [0.25, 0.3) is 0 Å². The molecule has 4 nitrogen and oxygen atoms in total. The third-order valence-electron chi connectivity index (χ3n) is 2.49. The van der Waals surface area contributed by atoms with Crippen LogP contribution in [0.4, 0.5) is 0 Å². The Kier molecular flexibility index (Phi) is 7.12. The molecule has 1 amide bonds. The predicted octanol–water partition coefficient (Wildman–Crippen LogP) is 3.38. The highest BCUT2D eigenvalue weighted by molar-refractivity contribution is 6.35. The Balaban J connectivity index is 2.34. The van der Waals surface area contributed by atoms with Crippen LogP contribution in [0.1, 0.15) is 24.8 Å². The first-order valence-electron chi connectivity index (χ1n) is 6.12. The fourth-order valence-corrected chi connectivity index (χ4v) is 1.95. The molecule has 0 aromatic heterocycles. The van der Waals surface area contributed by atoms with Gasteiger partial charge < -0.3 is 10.4 Å². The van der Waals surface area contributed by atoms with Crippen molar-refractivity contribution >= 4 is 41.2 Å². The number of hydrogen-bond acceptors (Lipinski definition) is 2. The Bertz CT molecular complexity index is 515. The molecule has 0 aliphatic heterocycles. The van der Waals surface area contributed by atoms with Crippen LogP contribution in [0.15, 0.2) is 24.3 Å². The summed E-state index contributed by atoms with van der Waals surface area (Å²) < 4.78 is 0. The van der Waals surface area contributed by atoms with Gasteiger partial charge >= 0.3 is 5.97 Å². The van der Waals surface area contributed by atoms with Crippen LogP contribution >= 0.6 is 23.2 Å². The van der Waals surface area contributed by atoms with Gasteiger partial charge in [-0.25, -0.2) is 0 Å². The average Bonchev–Trinajstić information content (AvgIpc) is 2.37. The Hall–Kier alpha value is -1.52. The van der Waals surface area contributed by atoms with Crippen LogP contribution in [0.5, 0.6) is 0 Å². The molecule has 0 heterocycles. The van der Waals surface area contributed by atoms with E-state index >= 15 is 0 Å². The standard InChI is InChI=1S/C14H15Cl2NO3/c15-11-6-4-10(12(16)9-11)5-7-13(18)17-8-2-1-3-14(19)20/h4-7,9H,1-3,8H2,(H,17,18)(H,19,20). The lowest BCUT2D eigenvalue weighted by molar-refractivity contribution is -0.137. The molecule has 0 aliphatic rings. The molecule has 0 radical (unpaired) electrons. The molecule has 0 aliphatic carbocycles. The number of hydrogen-bond donors (Lipinski definition) is 2. The van der Waals surface area contributed by atoms with E-state index < -0.39 is 5.97 Å². The van der Waals surface area contributed by atoms with Crippen LogP contribution in [-0.2, 0) is 9.59 Å². The first-order chi connectivity index (χ1) is 9.49. The minimum absolute atomic E-state index is 0.117. The summed E-state index contributed by atoms with van der Waals surface area (Å²) in [5.41, 5.74) is 0.706. The van der Waals surface area contributed by atoms with E-state index in [1.165, 1.54) is 6.08 Å². The highest BCUT2D eigenvalue weighted by Crippen LogP contribution is 2.21. The number of unbranched alkanes of at least 4 members (excludes halogenated alkanes) is 1. The fourth-order valence-electron chi connectivity index (χ4n) is 1.47. The predicted molar refractivity (Wildman–Crippen MR) is 80.0 cm³/mol. The third kappa shape index (κ3) is 6.59. The number of carboxylic acids is 1. The van der Waals surface area contributed by atoms with Crippen LogP contribution in [-0.4, -0.2) is 23.5 Å². The van der Waals surface area contributed by atoms with Gasteiger partial charge in [-0.05, 0) is 36.6 Å². The van der Waals surface area contributed by atoms with Crippen molar-refractivity contribution in [3.63, 3.8) is 0 Å². The van der Waals surface area contributed by atoms with Gasteiger partial charge in [-0.1, -0.05) is 29.3 Å². The van der Waals surface area contributed by atoms with E-state index in [2.05, 4.69) is 5.32 Å². The summed E-state index contributed by atoms with van der Waals surface area (Å²) in [5.74, 6) is -1.07. The molecule has 0 bridgehead atoms. The second kappa shape index (κ2) is 8.61. The van der Waals surface area contributed by atoms with E-state index in [0.29, 0.717) is 35.0 Å². The molecule has 0 unspecified atom stereocenters. The van der Waals surface area contributed by atoms with Gasteiger partial charge in [0.2, 0.25) is 5.91 Å². The van der Waals surface area contributed by atoms with E-state index in [4.69, 9.17) is 28.3 Å². The Morgan fingerprint density at radius 3 is 2.65 bits per heavy atom. The molecule has 108 valence electrons. The third-order valence-corrected chi connectivity index (χ3v) is 3.06. The molecule has 1 aromatic carbocycles. The minimum atomic E-state index is -0.825. The summed E-state index contributed by atoms with van der Waals surface area (Å²) in [7, 11) is 0. The van der Waals surface area contributed by atoms with Gasteiger partial charge in [0.1, 0.15) is 0 Å². The van der Waals surface area contributed by atoms with Gasteiger partial charge in [0, 0.05) is 29.1 Å². The van der Waals surface area contributed by atoms with E-state index in [0.717, 1.165) is 0 Å². The maximum atomic E-state index is 11.5. The topological polar surface area (TPSA) is 66.4 Å².